The molecule has 3 N–H and O–H groups in total. The Morgan fingerprint density at radius 2 is 1.95 bits per heavy atom. The molecule has 0 fully saturated rings. The molecule has 22 heavy (non-hydrogen) atoms. The Hall–Kier alpha value is -2.73. The van der Waals surface area contributed by atoms with Crippen molar-refractivity contribution in [1.82, 2.24) is 15.0 Å². The highest BCUT2D eigenvalue weighted by Gasteiger charge is 2.07. The molecule has 0 radical (unpaired) electrons. The minimum Gasteiger partial charge on any atom is -0.396 e. The summed E-state index contributed by atoms with van der Waals surface area (Å²) in [6.45, 7) is 0.806. The van der Waals surface area contributed by atoms with E-state index < -0.39 is 0 Å². The maximum Gasteiger partial charge on any atom is 0.229 e. The number of pyridine rings is 1. The predicted molar refractivity (Wildman–Crippen MR) is 87.3 cm³/mol. The maximum absolute atomic E-state index is 8.91. The molecule has 0 saturated heterocycles. The molecule has 112 valence electrons. The van der Waals surface area contributed by atoms with E-state index >= 15 is 0 Å². The zero-order valence-electron chi connectivity index (χ0n) is 12.0. The standard InChI is InChI=1S/C16H17N5O/c22-10-4-9-18-15-13-6-1-2-7-14(13)20-16(21-15)19-12-5-3-8-17-11-12/h1-3,5-8,11,22H,4,9-10H2,(H2,18,19,20,21). The van der Waals surface area contributed by atoms with Gasteiger partial charge in [0.15, 0.2) is 0 Å². The van der Waals surface area contributed by atoms with Crippen molar-refractivity contribution < 1.29 is 5.11 Å². The first kappa shape index (κ1) is 14.2. The van der Waals surface area contributed by atoms with Crippen LogP contribution in [0.25, 0.3) is 10.9 Å². The molecular formula is C16H17N5O. The smallest absolute Gasteiger partial charge is 0.229 e. The normalized spacial score (nSPS) is 10.6. The molecule has 0 atom stereocenters. The van der Waals surface area contributed by atoms with Crippen LogP contribution < -0.4 is 10.6 Å². The van der Waals surface area contributed by atoms with Crippen molar-refractivity contribution in [2.45, 2.75) is 6.42 Å². The van der Waals surface area contributed by atoms with Crippen molar-refractivity contribution in [3.05, 3.63) is 48.8 Å². The van der Waals surface area contributed by atoms with E-state index in [4.69, 9.17) is 5.11 Å². The van der Waals surface area contributed by atoms with Gasteiger partial charge in [-0.05, 0) is 30.7 Å². The van der Waals surface area contributed by atoms with Gasteiger partial charge in [0.1, 0.15) is 5.82 Å². The Morgan fingerprint density at radius 3 is 2.77 bits per heavy atom. The van der Waals surface area contributed by atoms with Gasteiger partial charge in [-0.2, -0.15) is 4.98 Å². The molecule has 0 aliphatic rings. The van der Waals surface area contributed by atoms with Crippen LogP contribution in [0.4, 0.5) is 17.5 Å². The number of hydrogen-bond donors (Lipinski definition) is 3. The highest BCUT2D eigenvalue weighted by atomic mass is 16.3. The number of benzene rings is 1. The average Bonchev–Trinajstić information content (AvgIpc) is 2.56. The topological polar surface area (TPSA) is 83.0 Å². The Morgan fingerprint density at radius 1 is 1.05 bits per heavy atom. The third-order valence-corrected chi connectivity index (χ3v) is 3.15. The average molecular weight is 295 g/mol. The zero-order valence-corrected chi connectivity index (χ0v) is 12.0. The quantitative estimate of drug-likeness (QED) is 0.606. The fourth-order valence-electron chi connectivity index (χ4n) is 2.12. The van der Waals surface area contributed by atoms with Crippen molar-refractivity contribution in [2.24, 2.45) is 0 Å². The van der Waals surface area contributed by atoms with E-state index in [0.29, 0.717) is 18.9 Å². The van der Waals surface area contributed by atoms with Crippen LogP contribution in [0.2, 0.25) is 0 Å². The number of para-hydroxylation sites is 1. The van der Waals surface area contributed by atoms with E-state index in [2.05, 4.69) is 25.6 Å². The lowest BCUT2D eigenvalue weighted by molar-refractivity contribution is 0.292. The van der Waals surface area contributed by atoms with E-state index in [1.165, 1.54) is 0 Å². The van der Waals surface area contributed by atoms with E-state index in [1.807, 2.05) is 36.4 Å². The molecule has 6 nitrogen and oxygen atoms in total. The van der Waals surface area contributed by atoms with Crippen LogP contribution in [0.15, 0.2) is 48.8 Å². The van der Waals surface area contributed by atoms with Crippen molar-refractivity contribution in [1.29, 1.82) is 0 Å². The second kappa shape index (κ2) is 6.82. The third-order valence-electron chi connectivity index (χ3n) is 3.15. The molecule has 2 heterocycles. The first-order chi connectivity index (χ1) is 10.9. The maximum atomic E-state index is 8.91. The first-order valence-corrected chi connectivity index (χ1v) is 7.15. The summed E-state index contributed by atoms with van der Waals surface area (Å²) in [5.74, 6) is 1.27. The lowest BCUT2D eigenvalue weighted by Gasteiger charge is -2.11. The van der Waals surface area contributed by atoms with Gasteiger partial charge in [-0.3, -0.25) is 4.98 Å². The van der Waals surface area contributed by atoms with E-state index in [0.717, 1.165) is 22.4 Å². The van der Waals surface area contributed by atoms with Crippen LogP contribution in [-0.2, 0) is 0 Å². The number of anilines is 3. The molecular weight excluding hydrogens is 278 g/mol. The fourth-order valence-corrected chi connectivity index (χ4v) is 2.12. The summed E-state index contributed by atoms with van der Waals surface area (Å²) in [6.07, 6.45) is 4.11. The number of aliphatic hydroxyl groups is 1. The molecule has 0 aliphatic heterocycles. The molecule has 6 heteroatoms. The lowest BCUT2D eigenvalue weighted by Crippen LogP contribution is -2.08. The molecule has 0 bridgehead atoms. The number of rotatable bonds is 6. The van der Waals surface area contributed by atoms with Gasteiger partial charge in [-0.15, -0.1) is 0 Å². The van der Waals surface area contributed by atoms with Crippen LogP contribution in [0, 0.1) is 0 Å². The van der Waals surface area contributed by atoms with Crippen LogP contribution in [0.5, 0.6) is 0 Å². The summed E-state index contributed by atoms with van der Waals surface area (Å²) in [5.41, 5.74) is 1.69. The van der Waals surface area contributed by atoms with Gasteiger partial charge in [0.05, 0.1) is 17.4 Å². The Labute approximate surface area is 128 Å². The Bertz CT molecular complexity index is 748. The van der Waals surface area contributed by atoms with Gasteiger partial charge in [0.25, 0.3) is 0 Å². The summed E-state index contributed by atoms with van der Waals surface area (Å²) in [4.78, 5) is 13.1. The van der Waals surface area contributed by atoms with Gasteiger partial charge in [-0.25, -0.2) is 4.98 Å². The Kier molecular flexibility index (Phi) is 4.41. The molecule has 0 unspecified atom stereocenters. The van der Waals surface area contributed by atoms with Crippen molar-refractivity contribution in [3.8, 4) is 0 Å². The lowest BCUT2D eigenvalue weighted by atomic mass is 10.2. The van der Waals surface area contributed by atoms with Gasteiger partial charge in [0.2, 0.25) is 5.95 Å². The SMILES string of the molecule is OCCCNc1nc(Nc2cccnc2)nc2ccccc12. The summed E-state index contributed by atoms with van der Waals surface area (Å²) < 4.78 is 0. The van der Waals surface area contributed by atoms with E-state index in [-0.39, 0.29) is 6.61 Å². The largest absolute Gasteiger partial charge is 0.396 e. The monoisotopic (exact) mass is 295 g/mol. The van der Waals surface area contributed by atoms with Crippen LogP contribution >= 0.6 is 0 Å². The number of hydrogen-bond acceptors (Lipinski definition) is 6. The first-order valence-electron chi connectivity index (χ1n) is 7.15. The van der Waals surface area contributed by atoms with Crippen LogP contribution in [0.1, 0.15) is 6.42 Å². The molecule has 1 aromatic carbocycles. The molecule has 3 rings (SSSR count). The minimum absolute atomic E-state index is 0.150. The number of fused-ring (bicyclic) bond motifs is 1. The van der Waals surface area contributed by atoms with Crippen molar-refractivity contribution >= 4 is 28.4 Å². The predicted octanol–water partition coefficient (Wildman–Crippen LogP) is 2.56. The molecule has 0 saturated carbocycles. The van der Waals surface area contributed by atoms with Crippen molar-refractivity contribution in [3.63, 3.8) is 0 Å². The highest BCUT2D eigenvalue weighted by molar-refractivity contribution is 5.90. The van der Waals surface area contributed by atoms with Gasteiger partial charge >= 0.3 is 0 Å². The number of nitrogens with one attached hydrogen (secondary N) is 2. The molecule has 0 aliphatic carbocycles. The number of aromatic nitrogens is 3. The van der Waals surface area contributed by atoms with Crippen LogP contribution in [-0.4, -0.2) is 33.2 Å². The Balaban J connectivity index is 1.93. The summed E-state index contributed by atoms with van der Waals surface area (Å²) >= 11 is 0. The fraction of sp³-hybridized carbons (Fsp3) is 0.188. The third kappa shape index (κ3) is 3.29. The second-order valence-corrected chi connectivity index (χ2v) is 4.78. The highest BCUT2D eigenvalue weighted by Crippen LogP contribution is 2.23. The van der Waals surface area contributed by atoms with Gasteiger partial charge < -0.3 is 15.7 Å². The minimum atomic E-state index is 0.150. The summed E-state index contributed by atoms with van der Waals surface area (Å²) in [7, 11) is 0. The zero-order chi connectivity index (χ0) is 15.2. The van der Waals surface area contributed by atoms with Gasteiger partial charge in [-0.1, -0.05) is 12.1 Å². The summed E-state index contributed by atoms with van der Waals surface area (Å²) in [5, 5.41) is 16.3. The molecule has 0 amide bonds. The number of aliphatic hydroxyl groups excluding tert-OH is 1. The molecule has 2 aromatic heterocycles. The summed E-state index contributed by atoms with van der Waals surface area (Å²) in [6, 6.07) is 11.6. The van der Waals surface area contributed by atoms with Crippen LogP contribution in [0.3, 0.4) is 0 Å². The van der Waals surface area contributed by atoms with Gasteiger partial charge in [0, 0.05) is 24.7 Å². The van der Waals surface area contributed by atoms with E-state index in [1.54, 1.807) is 12.4 Å². The molecule has 0 spiro atoms. The number of nitrogens with zero attached hydrogens (tertiary/aromatic N) is 3. The van der Waals surface area contributed by atoms with Crippen molar-refractivity contribution in [2.75, 3.05) is 23.8 Å². The second-order valence-electron chi connectivity index (χ2n) is 4.78. The van der Waals surface area contributed by atoms with E-state index in [9.17, 15) is 0 Å². The molecule has 3 aromatic rings.